The summed E-state index contributed by atoms with van der Waals surface area (Å²) < 4.78 is 40.7. The Labute approximate surface area is 110 Å². The number of alkyl halides is 3. The quantitative estimate of drug-likeness (QED) is 0.896. The summed E-state index contributed by atoms with van der Waals surface area (Å²) in [7, 11) is 0. The summed E-state index contributed by atoms with van der Waals surface area (Å²) in [5.74, 6) is -1.05. The van der Waals surface area contributed by atoms with Crippen molar-refractivity contribution in [1.29, 1.82) is 0 Å². The molecule has 0 unspecified atom stereocenters. The Bertz CT molecular complexity index is 480. The van der Waals surface area contributed by atoms with Gasteiger partial charge in [0.15, 0.2) is 0 Å². The maximum atomic E-state index is 12.3. The van der Waals surface area contributed by atoms with Crippen LogP contribution in [0.25, 0.3) is 0 Å². The first-order valence-electron chi connectivity index (χ1n) is 5.32. The summed E-state index contributed by atoms with van der Waals surface area (Å²) >= 11 is 1.23. The average molecular weight is 293 g/mol. The lowest BCUT2D eigenvalue weighted by Gasteiger charge is -2.17. The molecule has 0 aromatic heterocycles. The first kappa shape index (κ1) is 14.0. The van der Waals surface area contributed by atoms with Crippen molar-refractivity contribution in [3.63, 3.8) is 0 Å². The predicted molar refractivity (Wildman–Crippen MR) is 62.9 cm³/mol. The number of halogens is 3. The van der Waals surface area contributed by atoms with E-state index < -0.39 is 23.7 Å². The molecule has 1 heterocycles. The smallest absolute Gasteiger partial charge is 0.480 e. The zero-order valence-electron chi connectivity index (χ0n) is 9.48. The minimum Gasteiger partial charge on any atom is -0.480 e. The van der Waals surface area contributed by atoms with Gasteiger partial charge in [-0.2, -0.15) is 0 Å². The molecule has 1 aromatic carbocycles. The SMILES string of the molecule is O=C(O)[C@H]1CS[C@H](c2ccccc2OC(F)(F)F)N1. The van der Waals surface area contributed by atoms with Crippen LogP contribution in [0.5, 0.6) is 5.75 Å². The van der Waals surface area contributed by atoms with Gasteiger partial charge in [0.05, 0.1) is 5.37 Å². The van der Waals surface area contributed by atoms with Gasteiger partial charge >= 0.3 is 12.3 Å². The second-order valence-corrected chi connectivity index (χ2v) is 4.99. The van der Waals surface area contributed by atoms with E-state index in [2.05, 4.69) is 10.1 Å². The van der Waals surface area contributed by atoms with Crippen LogP contribution < -0.4 is 10.1 Å². The fourth-order valence-corrected chi connectivity index (χ4v) is 2.97. The van der Waals surface area contributed by atoms with Crippen LogP contribution in [0, 0.1) is 0 Å². The molecule has 0 radical (unpaired) electrons. The van der Waals surface area contributed by atoms with Crippen LogP contribution in [0.1, 0.15) is 10.9 Å². The van der Waals surface area contributed by atoms with Crippen LogP contribution in [0.4, 0.5) is 13.2 Å². The van der Waals surface area contributed by atoms with Gasteiger partial charge in [-0.3, -0.25) is 10.1 Å². The van der Waals surface area contributed by atoms with Gasteiger partial charge < -0.3 is 9.84 Å². The van der Waals surface area contributed by atoms with E-state index in [0.29, 0.717) is 5.75 Å². The fraction of sp³-hybridized carbons (Fsp3) is 0.364. The maximum Gasteiger partial charge on any atom is 0.573 e. The van der Waals surface area contributed by atoms with E-state index >= 15 is 0 Å². The predicted octanol–water partition coefficient (Wildman–Crippen LogP) is 2.37. The summed E-state index contributed by atoms with van der Waals surface area (Å²) in [5, 5.41) is 11.1. The van der Waals surface area contributed by atoms with Crippen molar-refractivity contribution in [2.75, 3.05) is 5.75 Å². The van der Waals surface area contributed by atoms with Gasteiger partial charge in [-0.25, -0.2) is 0 Å². The molecule has 1 fully saturated rings. The van der Waals surface area contributed by atoms with Crippen molar-refractivity contribution in [2.24, 2.45) is 0 Å². The zero-order chi connectivity index (χ0) is 14.0. The molecule has 2 N–H and O–H groups in total. The third-order valence-corrected chi connectivity index (χ3v) is 3.76. The number of rotatable bonds is 3. The zero-order valence-corrected chi connectivity index (χ0v) is 10.3. The van der Waals surface area contributed by atoms with E-state index in [-0.39, 0.29) is 11.3 Å². The van der Waals surface area contributed by atoms with E-state index in [1.165, 1.54) is 30.0 Å². The van der Waals surface area contributed by atoms with Gasteiger partial charge in [0.2, 0.25) is 0 Å². The molecule has 0 aliphatic carbocycles. The Kier molecular flexibility index (Phi) is 3.91. The largest absolute Gasteiger partial charge is 0.573 e. The third kappa shape index (κ3) is 3.54. The number of carboxylic acid groups (broad SMARTS) is 1. The number of aliphatic carboxylic acids is 1. The number of carboxylic acids is 1. The highest BCUT2D eigenvalue weighted by Crippen LogP contribution is 2.39. The second-order valence-electron chi connectivity index (χ2n) is 3.86. The first-order chi connectivity index (χ1) is 8.87. The molecule has 0 saturated carbocycles. The number of hydrogen-bond donors (Lipinski definition) is 2. The Hall–Kier alpha value is -1.41. The molecule has 19 heavy (non-hydrogen) atoms. The molecule has 1 aliphatic rings. The van der Waals surface area contributed by atoms with Crippen molar-refractivity contribution in [1.82, 2.24) is 5.32 Å². The Balaban J connectivity index is 2.19. The number of carbonyl (C=O) groups is 1. The fourth-order valence-electron chi connectivity index (χ4n) is 1.71. The Morgan fingerprint density at radius 1 is 1.42 bits per heavy atom. The summed E-state index contributed by atoms with van der Waals surface area (Å²) in [6.07, 6.45) is -4.77. The summed E-state index contributed by atoms with van der Waals surface area (Å²) in [6, 6.07) is 4.93. The minimum absolute atomic E-state index is 0.286. The second kappa shape index (κ2) is 5.30. The average Bonchev–Trinajstić information content (AvgIpc) is 2.76. The molecule has 104 valence electrons. The van der Waals surface area contributed by atoms with Crippen LogP contribution in [-0.4, -0.2) is 29.2 Å². The number of thioether (sulfide) groups is 1. The summed E-state index contributed by atoms with van der Waals surface area (Å²) in [4.78, 5) is 10.8. The van der Waals surface area contributed by atoms with Gasteiger partial charge in [0, 0.05) is 11.3 Å². The van der Waals surface area contributed by atoms with Gasteiger partial charge in [-0.05, 0) is 6.07 Å². The lowest BCUT2D eigenvalue weighted by molar-refractivity contribution is -0.274. The monoisotopic (exact) mass is 293 g/mol. The van der Waals surface area contributed by atoms with Crippen LogP contribution in [-0.2, 0) is 4.79 Å². The molecule has 1 saturated heterocycles. The summed E-state index contributed by atoms with van der Waals surface area (Å²) in [6.45, 7) is 0. The van der Waals surface area contributed by atoms with Crippen LogP contribution in [0.2, 0.25) is 0 Å². The van der Waals surface area contributed by atoms with Crippen LogP contribution >= 0.6 is 11.8 Å². The van der Waals surface area contributed by atoms with Crippen molar-refractivity contribution >= 4 is 17.7 Å². The van der Waals surface area contributed by atoms with Crippen LogP contribution in [0.15, 0.2) is 24.3 Å². The Morgan fingerprint density at radius 2 is 2.11 bits per heavy atom. The van der Waals surface area contributed by atoms with Crippen molar-refractivity contribution in [2.45, 2.75) is 17.8 Å². The topological polar surface area (TPSA) is 58.6 Å². The van der Waals surface area contributed by atoms with E-state index in [4.69, 9.17) is 5.11 Å². The molecule has 2 rings (SSSR count). The normalized spacial score (nSPS) is 23.3. The molecule has 8 heteroatoms. The van der Waals surface area contributed by atoms with E-state index in [0.717, 1.165) is 0 Å². The lowest BCUT2D eigenvalue weighted by atomic mass is 10.2. The molecule has 1 aromatic rings. The summed E-state index contributed by atoms with van der Waals surface area (Å²) in [5.41, 5.74) is 0.286. The Morgan fingerprint density at radius 3 is 2.68 bits per heavy atom. The number of para-hydroxylation sites is 1. The minimum atomic E-state index is -4.77. The molecule has 0 amide bonds. The van der Waals surface area contributed by atoms with E-state index in [1.807, 2.05) is 0 Å². The van der Waals surface area contributed by atoms with Crippen LogP contribution in [0.3, 0.4) is 0 Å². The number of hydrogen-bond acceptors (Lipinski definition) is 4. The molecule has 1 aliphatic heterocycles. The number of ether oxygens (including phenoxy) is 1. The lowest BCUT2D eigenvalue weighted by Crippen LogP contribution is -2.33. The highest BCUT2D eigenvalue weighted by Gasteiger charge is 2.35. The molecule has 0 bridgehead atoms. The van der Waals surface area contributed by atoms with E-state index in [1.54, 1.807) is 6.07 Å². The highest BCUT2D eigenvalue weighted by molar-refractivity contribution is 7.99. The van der Waals surface area contributed by atoms with E-state index in [9.17, 15) is 18.0 Å². The van der Waals surface area contributed by atoms with Gasteiger partial charge in [0.1, 0.15) is 11.8 Å². The molecular formula is C11H10F3NO3S. The van der Waals surface area contributed by atoms with Gasteiger partial charge in [-0.15, -0.1) is 24.9 Å². The number of benzene rings is 1. The standard InChI is InChI=1S/C11H10F3NO3S/c12-11(13,14)18-8-4-2-1-3-6(8)9-15-7(5-19-9)10(16)17/h1-4,7,9,15H,5H2,(H,16,17)/t7-,9-/m1/s1. The molecule has 0 spiro atoms. The van der Waals surface area contributed by atoms with Crippen molar-refractivity contribution < 1.29 is 27.8 Å². The van der Waals surface area contributed by atoms with Crippen molar-refractivity contribution in [3.8, 4) is 5.75 Å². The number of nitrogens with one attached hydrogen (secondary N) is 1. The molecular weight excluding hydrogens is 283 g/mol. The van der Waals surface area contributed by atoms with Gasteiger partial charge in [-0.1, -0.05) is 18.2 Å². The highest BCUT2D eigenvalue weighted by atomic mass is 32.2. The van der Waals surface area contributed by atoms with Gasteiger partial charge in [0.25, 0.3) is 0 Å². The molecule has 2 atom stereocenters. The molecule has 4 nitrogen and oxygen atoms in total. The maximum absolute atomic E-state index is 12.3. The first-order valence-corrected chi connectivity index (χ1v) is 6.37. The van der Waals surface area contributed by atoms with Crippen molar-refractivity contribution in [3.05, 3.63) is 29.8 Å². The third-order valence-electron chi connectivity index (χ3n) is 2.51.